The van der Waals surface area contributed by atoms with Crippen molar-refractivity contribution in [2.75, 3.05) is 13.1 Å². The zero-order valence-electron chi connectivity index (χ0n) is 7.73. The Balaban J connectivity index is 2.18. The normalized spacial score (nSPS) is 19.2. The predicted molar refractivity (Wildman–Crippen MR) is 53.2 cm³/mol. The molecule has 0 amide bonds. The van der Waals surface area contributed by atoms with Gasteiger partial charge in [-0.05, 0) is 32.9 Å². The molecule has 0 aromatic carbocycles. The minimum atomic E-state index is 0.540. The minimum absolute atomic E-state index is 0.540. The zero-order valence-corrected chi connectivity index (χ0v) is 8.49. The molecule has 1 aliphatic heterocycles. The van der Waals surface area contributed by atoms with Crippen LogP contribution in [0, 0.1) is 6.92 Å². The zero-order chi connectivity index (χ0) is 9.26. The third-order valence-electron chi connectivity index (χ3n) is 2.62. The molecule has 13 heavy (non-hydrogen) atoms. The van der Waals surface area contributed by atoms with E-state index >= 15 is 0 Å². The maximum atomic E-state index is 6.13. The Labute approximate surface area is 82.9 Å². The molecule has 0 radical (unpaired) electrons. The number of nitrogens with zero attached hydrogens (tertiary/aromatic N) is 1. The minimum Gasteiger partial charge on any atom is -0.317 e. The summed E-state index contributed by atoms with van der Waals surface area (Å²) in [7, 11) is 0. The van der Waals surface area contributed by atoms with Crippen molar-refractivity contribution in [2.24, 2.45) is 0 Å². The van der Waals surface area contributed by atoms with E-state index in [0.717, 1.165) is 42.3 Å². The van der Waals surface area contributed by atoms with Crippen molar-refractivity contribution >= 4 is 11.6 Å². The van der Waals surface area contributed by atoms with Gasteiger partial charge in [0.05, 0.1) is 16.4 Å². The molecule has 1 fully saturated rings. The summed E-state index contributed by atoms with van der Waals surface area (Å²) in [5.41, 5.74) is 2.04. The Morgan fingerprint density at radius 1 is 1.38 bits per heavy atom. The summed E-state index contributed by atoms with van der Waals surface area (Å²) in [4.78, 5) is 0. The van der Waals surface area contributed by atoms with Crippen LogP contribution in [0.1, 0.15) is 30.1 Å². The molecule has 0 aliphatic carbocycles. The van der Waals surface area contributed by atoms with Crippen LogP contribution in [0.25, 0.3) is 0 Å². The van der Waals surface area contributed by atoms with E-state index in [9.17, 15) is 0 Å². The van der Waals surface area contributed by atoms with Gasteiger partial charge in [-0.1, -0.05) is 11.6 Å². The molecule has 1 aromatic heterocycles. The highest BCUT2D eigenvalue weighted by Gasteiger charge is 2.21. The van der Waals surface area contributed by atoms with E-state index in [2.05, 4.69) is 15.5 Å². The molecule has 1 aromatic rings. The van der Waals surface area contributed by atoms with Crippen LogP contribution in [0.5, 0.6) is 0 Å². The smallest absolute Gasteiger partial charge is 0.0847 e. The Kier molecular flexibility index (Phi) is 2.56. The van der Waals surface area contributed by atoms with Gasteiger partial charge in [-0.2, -0.15) is 5.10 Å². The number of aromatic nitrogens is 2. The lowest BCUT2D eigenvalue weighted by Crippen LogP contribution is -2.26. The first-order valence-electron chi connectivity index (χ1n) is 4.70. The average molecular weight is 200 g/mol. The molecule has 1 aliphatic rings. The second kappa shape index (κ2) is 3.68. The predicted octanol–water partition coefficient (Wildman–Crippen LogP) is 1.84. The number of aryl methyl sites for hydroxylation is 1. The van der Waals surface area contributed by atoms with Crippen LogP contribution in [-0.2, 0) is 0 Å². The van der Waals surface area contributed by atoms with E-state index in [1.54, 1.807) is 0 Å². The van der Waals surface area contributed by atoms with Crippen LogP contribution in [0.4, 0.5) is 0 Å². The van der Waals surface area contributed by atoms with E-state index in [-0.39, 0.29) is 0 Å². The molecule has 2 N–H and O–H groups in total. The fourth-order valence-electron chi connectivity index (χ4n) is 1.80. The maximum absolute atomic E-state index is 6.13. The molecule has 0 bridgehead atoms. The Bertz CT molecular complexity index is 289. The van der Waals surface area contributed by atoms with Crippen LogP contribution < -0.4 is 5.32 Å². The summed E-state index contributed by atoms with van der Waals surface area (Å²) in [5.74, 6) is 0.540. The number of rotatable bonds is 1. The summed E-state index contributed by atoms with van der Waals surface area (Å²) < 4.78 is 0. The van der Waals surface area contributed by atoms with Gasteiger partial charge in [0.25, 0.3) is 0 Å². The molecule has 0 spiro atoms. The number of halogens is 1. The van der Waals surface area contributed by atoms with Gasteiger partial charge in [-0.3, -0.25) is 5.10 Å². The van der Waals surface area contributed by atoms with Crippen molar-refractivity contribution in [2.45, 2.75) is 25.7 Å². The van der Waals surface area contributed by atoms with Gasteiger partial charge in [0.2, 0.25) is 0 Å². The molecule has 2 rings (SSSR count). The lowest BCUT2D eigenvalue weighted by Gasteiger charge is -2.20. The van der Waals surface area contributed by atoms with E-state index in [0.29, 0.717) is 5.92 Å². The van der Waals surface area contributed by atoms with Crippen LogP contribution >= 0.6 is 11.6 Å². The largest absolute Gasteiger partial charge is 0.317 e. The van der Waals surface area contributed by atoms with Crippen LogP contribution in [0.3, 0.4) is 0 Å². The standard InChI is InChI=1S/C9H14ClN3/c1-6-8(10)9(13-12-6)7-2-4-11-5-3-7/h7,11H,2-5H2,1H3,(H,12,13). The topological polar surface area (TPSA) is 40.7 Å². The van der Waals surface area contributed by atoms with Crippen LogP contribution in [-0.4, -0.2) is 23.3 Å². The fourth-order valence-corrected chi connectivity index (χ4v) is 2.04. The lowest BCUT2D eigenvalue weighted by atomic mass is 9.94. The summed E-state index contributed by atoms with van der Waals surface area (Å²) >= 11 is 6.13. The molecule has 3 nitrogen and oxygen atoms in total. The first-order valence-corrected chi connectivity index (χ1v) is 5.08. The number of nitrogens with one attached hydrogen (secondary N) is 2. The molecule has 2 heterocycles. The molecule has 1 saturated heterocycles. The van der Waals surface area contributed by atoms with E-state index in [4.69, 9.17) is 11.6 Å². The molecule has 0 saturated carbocycles. The molecular formula is C9H14ClN3. The summed E-state index contributed by atoms with van der Waals surface area (Å²) in [6.45, 7) is 4.11. The van der Waals surface area contributed by atoms with Gasteiger partial charge in [0.15, 0.2) is 0 Å². The second-order valence-corrected chi connectivity index (χ2v) is 3.95. The lowest BCUT2D eigenvalue weighted by molar-refractivity contribution is 0.453. The second-order valence-electron chi connectivity index (χ2n) is 3.57. The number of hydrogen-bond acceptors (Lipinski definition) is 2. The number of hydrogen-bond donors (Lipinski definition) is 2. The molecule has 72 valence electrons. The van der Waals surface area contributed by atoms with Gasteiger partial charge in [0, 0.05) is 5.92 Å². The number of H-pyrrole nitrogens is 1. The van der Waals surface area contributed by atoms with Crippen molar-refractivity contribution in [1.29, 1.82) is 0 Å². The first-order chi connectivity index (χ1) is 6.29. The van der Waals surface area contributed by atoms with Crippen LogP contribution in [0.2, 0.25) is 5.02 Å². The molecule has 4 heteroatoms. The number of aromatic amines is 1. The molecule has 0 unspecified atom stereocenters. The Hall–Kier alpha value is -0.540. The monoisotopic (exact) mass is 199 g/mol. The van der Waals surface area contributed by atoms with Crippen molar-refractivity contribution < 1.29 is 0 Å². The SMILES string of the molecule is Cc1[nH]nc(C2CCNCC2)c1Cl. The maximum Gasteiger partial charge on any atom is 0.0847 e. The Morgan fingerprint density at radius 2 is 2.08 bits per heavy atom. The number of piperidine rings is 1. The summed E-state index contributed by atoms with van der Waals surface area (Å²) in [5, 5.41) is 11.3. The fraction of sp³-hybridized carbons (Fsp3) is 0.667. The van der Waals surface area contributed by atoms with Crippen LogP contribution in [0.15, 0.2) is 0 Å². The highest BCUT2D eigenvalue weighted by atomic mass is 35.5. The van der Waals surface area contributed by atoms with E-state index in [1.807, 2.05) is 6.92 Å². The highest BCUT2D eigenvalue weighted by Crippen LogP contribution is 2.30. The van der Waals surface area contributed by atoms with Gasteiger partial charge >= 0.3 is 0 Å². The third-order valence-corrected chi connectivity index (χ3v) is 3.10. The molecular weight excluding hydrogens is 186 g/mol. The first kappa shape index (κ1) is 9.03. The van der Waals surface area contributed by atoms with Crippen molar-refractivity contribution in [3.8, 4) is 0 Å². The van der Waals surface area contributed by atoms with Crippen molar-refractivity contribution in [3.05, 3.63) is 16.4 Å². The third kappa shape index (κ3) is 1.71. The van der Waals surface area contributed by atoms with E-state index in [1.165, 1.54) is 0 Å². The summed E-state index contributed by atoms with van der Waals surface area (Å²) in [6, 6.07) is 0. The van der Waals surface area contributed by atoms with Crippen molar-refractivity contribution in [1.82, 2.24) is 15.5 Å². The van der Waals surface area contributed by atoms with Gasteiger partial charge in [-0.15, -0.1) is 0 Å². The quantitative estimate of drug-likeness (QED) is 0.725. The van der Waals surface area contributed by atoms with Crippen molar-refractivity contribution in [3.63, 3.8) is 0 Å². The average Bonchev–Trinajstić information content (AvgIpc) is 2.49. The van der Waals surface area contributed by atoms with Gasteiger partial charge < -0.3 is 5.32 Å². The highest BCUT2D eigenvalue weighted by molar-refractivity contribution is 6.31. The summed E-state index contributed by atoms with van der Waals surface area (Å²) in [6.07, 6.45) is 2.29. The van der Waals surface area contributed by atoms with E-state index < -0.39 is 0 Å². The molecule has 0 atom stereocenters. The Morgan fingerprint density at radius 3 is 2.62 bits per heavy atom. The van der Waals surface area contributed by atoms with Gasteiger partial charge in [-0.25, -0.2) is 0 Å². The van der Waals surface area contributed by atoms with Gasteiger partial charge in [0.1, 0.15) is 0 Å².